The molecule has 1 saturated heterocycles. The number of rotatable bonds is 5. The van der Waals surface area contributed by atoms with E-state index in [-0.39, 0.29) is 10.8 Å². The van der Waals surface area contributed by atoms with Gasteiger partial charge in [-0.3, -0.25) is 4.79 Å². The van der Waals surface area contributed by atoms with E-state index in [1.54, 1.807) is 18.3 Å². The van der Waals surface area contributed by atoms with Gasteiger partial charge in [0.05, 0.1) is 0 Å². The molecule has 1 aliphatic heterocycles. The molecule has 0 spiro atoms. The second kappa shape index (κ2) is 7.86. The predicted octanol–water partition coefficient (Wildman–Crippen LogP) is 2.45. The van der Waals surface area contributed by atoms with Crippen molar-refractivity contribution in [1.29, 1.82) is 0 Å². The van der Waals surface area contributed by atoms with Crippen molar-refractivity contribution in [2.75, 3.05) is 31.2 Å². The van der Waals surface area contributed by atoms with Crippen LogP contribution in [0.25, 0.3) is 0 Å². The summed E-state index contributed by atoms with van der Waals surface area (Å²) in [6.07, 6.45) is 4.53. The van der Waals surface area contributed by atoms with Crippen LogP contribution in [0.1, 0.15) is 23.2 Å². The molecular formula is C19H23N3O3S. The Morgan fingerprint density at radius 2 is 1.85 bits per heavy atom. The van der Waals surface area contributed by atoms with Gasteiger partial charge < -0.3 is 10.2 Å². The molecule has 1 aromatic heterocycles. The minimum absolute atomic E-state index is 0.0705. The van der Waals surface area contributed by atoms with E-state index in [9.17, 15) is 13.2 Å². The van der Waals surface area contributed by atoms with Gasteiger partial charge in [-0.1, -0.05) is 18.2 Å². The molecule has 1 N–H and O–H groups in total. The van der Waals surface area contributed by atoms with E-state index in [1.165, 1.54) is 6.26 Å². The van der Waals surface area contributed by atoms with Gasteiger partial charge in [-0.05, 0) is 43.0 Å². The average Bonchev–Trinajstić information content (AvgIpc) is 2.66. The molecule has 0 atom stereocenters. The zero-order chi connectivity index (χ0) is 18.6. The molecular weight excluding hydrogens is 350 g/mol. The van der Waals surface area contributed by atoms with E-state index >= 15 is 0 Å². The molecule has 1 aliphatic rings. The van der Waals surface area contributed by atoms with Gasteiger partial charge in [0.2, 0.25) is 0 Å². The Labute approximate surface area is 154 Å². The first-order valence-electron chi connectivity index (χ1n) is 8.68. The van der Waals surface area contributed by atoms with Crippen molar-refractivity contribution in [1.82, 2.24) is 9.88 Å². The molecule has 1 fully saturated rings. The topological polar surface area (TPSA) is 79.4 Å². The van der Waals surface area contributed by atoms with Crippen LogP contribution in [0.3, 0.4) is 0 Å². The lowest BCUT2D eigenvalue weighted by Crippen LogP contribution is -2.40. The van der Waals surface area contributed by atoms with Crippen LogP contribution >= 0.6 is 0 Å². The lowest BCUT2D eigenvalue weighted by molar-refractivity contribution is 0.0695. The minimum Gasteiger partial charge on any atom is -0.369 e. The van der Waals surface area contributed by atoms with Crippen LogP contribution < -0.4 is 5.32 Å². The molecule has 0 bridgehead atoms. The Balaban J connectivity index is 1.55. The third kappa shape index (κ3) is 4.40. The second-order valence-electron chi connectivity index (χ2n) is 6.60. The molecule has 7 heteroatoms. The largest absolute Gasteiger partial charge is 0.369 e. The molecule has 0 aliphatic carbocycles. The Morgan fingerprint density at radius 3 is 2.50 bits per heavy atom. The highest BCUT2D eigenvalue weighted by Gasteiger charge is 2.24. The quantitative estimate of drug-likeness (QED) is 0.871. The maximum atomic E-state index is 12.5. The molecule has 2 aromatic rings. The SMILES string of the molecule is CS(=O)(=O)c1cccnc1NCC1CCN(C(=O)c2ccccc2)CC1. The van der Waals surface area contributed by atoms with Gasteiger partial charge in [0.15, 0.2) is 9.84 Å². The van der Waals surface area contributed by atoms with Crippen LogP contribution in [0, 0.1) is 5.92 Å². The summed E-state index contributed by atoms with van der Waals surface area (Å²) in [6.45, 7) is 2.06. The first-order valence-corrected chi connectivity index (χ1v) is 10.6. The predicted molar refractivity (Wildman–Crippen MR) is 101 cm³/mol. The van der Waals surface area contributed by atoms with Gasteiger partial charge in [-0.25, -0.2) is 13.4 Å². The maximum absolute atomic E-state index is 12.5. The fourth-order valence-electron chi connectivity index (χ4n) is 3.17. The summed E-state index contributed by atoms with van der Waals surface area (Å²) in [5.74, 6) is 0.850. The van der Waals surface area contributed by atoms with Crippen LogP contribution in [-0.2, 0) is 9.84 Å². The lowest BCUT2D eigenvalue weighted by atomic mass is 9.96. The number of carbonyl (C=O) groups is 1. The third-order valence-electron chi connectivity index (χ3n) is 4.65. The number of aromatic nitrogens is 1. The highest BCUT2D eigenvalue weighted by molar-refractivity contribution is 7.90. The summed E-state index contributed by atoms with van der Waals surface area (Å²) in [5, 5.41) is 3.17. The summed E-state index contributed by atoms with van der Waals surface area (Å²) in [6, 6.07) is 12.5. The number of hydrogen-bond donors (Lipinski definition) is 1. The van der Waals surface area contributed by atoms with Gasteiger partial charge >= 0.3 is 0 Å². The fraction of sp³-hybridized carbons (Fsp3) is 0.368. The van der Waals surface area contributed by atoms with E-state index in [0.717, 1.165) is 18.4 Å². The van der Waals surface area contributed by atoms with E-state index in [1.807, 2.05) is 35.2 Å². The molecule has 1 aromatic carbocycles. The van der Waals surface area contributed by atoms with Crippen LogP contribution in [0.15, 0.2) is 53.6 Å². The van der Waals surface area contributed by atoms with Gasteiger partial charge in [0, 0.05) is 37.7 Å². The van der Waals surface area contributed by atoms with Crippen molar-refractivity contribution >= 4 is 21.6 Å². The van der Waals surface area contributed by atoms with E-state index in [2.05, 4.69) is 10.3 Å². The molecule has 138 valence electrons. The molecule has 6 nitrogen and oxygen atoms in total. The smallest absolute Gasteiger partial charge is 0.253 e. The fourth-order valence-corrected chi connectivity index (χ4v) is 3.97. The van der Waals surface area contributed by atoms with E-state index < -0.39 is 9.84 Å². The number of amides is 1. The summed E-state index contributed by atoms with van der Waals surface area (Å²) < 4.78 is 23.7. The standard InChI is InChI=1S/C19H23N3O3S/c1-26(24,25)17-8-5-11-20-18(17)21-14-15-9-12-22(13-10-15)19(23)16-6-3-2-4-7-16/h2-8,11,15H,9-10,12-14H2,1H3,(H,20,21). The van der Waals surface area contributed by atoms with Crippen molar-refractivity contribution < 1.29 is 13.2 Å². The first-order chi connectivity index (χ1) is 12.4. The number of anilines is 1. The molecule has 0 saturated carbocycles. The van der Waals surface area contributed by atoms with Crippen LogP contribution in [0.5, 0.6) is 0 Å². The second-order valence-corrected chi connectivity index (χ2v) is 8.59. The lowest BCUT2D eigenvalue weighted by Gasteiger charge is -2.32. The van der Waals surface area contributed by atoms with Gasteiger partial charge in [0.25, 0.3) is 5.91 Å². The zero-order valence-electron chi connectivity index (χ0n) is 14.8. The zero-order valence-corrected chi connectivity index (χ0v) is 15.6. The normalized spacial score (nSPS) is 15.7. The highest BCUT2D eigenvalue weighted by Crippen LogP contribution is 2.22. The number of sulfone groups is 1. The van der Waals surface area contributed by atoms with E-state index in [0.29, 0.717) is 31.4 Å². The number of nitrogens with one attached hydrogen (secondary N) is 1. The Kier molecular flexibility index (Phi) is 5.56. The average molecular weight is 373 g/mol. The summed E-state index contributed by atoms with van der Waals surface area (Å²) in [5.41, 5.74) is 0.718. The number of pyridine rings is 1. The molecule has 1 amide bonds. The first kappa shape index (κ1) is 18.4. The number of nitrogens with zero attached hydrogens (tertiary/aromatic N) is 2. The number of likely N-dealkylation sites (tertiary alicyclic amines) is 1. The minimum atomic E-state index is -3.31. The van der Waals surface area contributed by atoms with Gasteiger partial charge in [0.1, 0.15) is 10.7 Å². The van der Waals surface area contributed by atoms with Gasteiger partial charge in [-0.2, -0.15) is 0 Å². The van der Waals surface area contributed by atoms with Crippen molar-refractivity contribution in [2.24, 2.45) is 5.92 Å². The highest BCUT2D eigenvalue weighted by atomic mass is 32.2. The van der Waals surface area contributed by atoms with Gasteiger partial charge in [-0.15, -0.1) is 0 Å². The number of hydrogen-bond acceptors (Lipinski definition) is 5. The molecule has 3 rings (SSSR count). The Hall–Kier alpha value is -2.41. The third-order valence-corrected chi connectivity index (χ3v) is 5.78. The van der Waals surface area contributed by atoms with Crippen LogP contribution in [0.2, 0.25) is 0 Å². The number of piperidine rings is 1. The van der Waals surface area contributed by atoms with E-state index in [4.69, 9.17) is 0 Å². The number of benzene rings is 1. The molecule has 0 radical (unpaired) electrons. The summed E-state index contributed by atoms with van der Waals surface area (Å²) in [7, 11) is -3.31. The van der Waals surface area contributed by atoms with Crippen molar-refractivity contribution in [2.45, 2.75) is 17.7 Å². The number of carbonyl (C=O) groups excluding carboxylic acids is 1. The maximum Gasteiger partial charge on any atom is 0.253 e. The Bertz CT molecular complexity index is 861. The van der Waals surface area contributed by atoms with Crippen molar-refractivity contribution in [3.63, 3.8) is 0 Å². The molecule has 26 heavy (non-hydrogen) atoms. The Morgan fingerprint density at radius 1 is 1.15 bits per heavy atom. The van der Waals surface area contributed by atoms with Crippen molar-refractivity contribution in [3.05, 3.63) is 54.2 Å². The van der Waals surface area contributed by atoms with Crippen LogP contribution in [-0.4, -0.2) is 50.1 Å². The summed E-state index contributed by atoms with van der Waals surface area (Å²) in [4.78, 5) is 18.7. The monoisotopic (exact) mass is 373 g/mol. The van der Waals surface area contributed by atoms with Crippen LogP contribution in [0.4, 0.5) is 5.82 Å². The van der Waals surface area contributed by atoms with Crippen molar-refractivity contribution in [3.8, 4) is 0 Å². The summed E-state index contributed by atoms with van der Waals surface area (Å²) >= 11 is 0. The molecule has 2 heterocycles. The molecule has 0 unspecified atom stereocenters.